The molecule has 1 N–H and O–H groups in total. The second-order valence-corrected chi connectivity index (χ2v) is 4.51. The first-order valence-electron chi connectivity index (χ1n) is 6.10. The van der Waals surface area contributed by atoms with E-state index in [0.29, 0.717) is 22.7 Å². The van der Waals surface area contributed by atoms with Crippen LogP contribution in [0.2, 0.25) is 0 Å². The van der Waals surface area contributed by atoms with Gasteiger partial charge in [-0.2, -0.15) is 9.61 Å². The number of benzene rings is 1. The third-order valence-electron chi connectivity index (χ3n) is 3.19. The normalized spacial score (nSPS) is 10.9. The highest BCUT2D eigenvalue weighted by atomic mass is 19.1. The number of hydrogen-bond acceptors (Lipinski definition) is 4. The first-order valence-corrected chi connectivity index (χ1v) is 6.10. The van der Waals surface area contributed by atoms with Crippen LogP contribution < -0.4 is 4.90 Å². The quantitative estimate of drug-likeness (QED) is 0.779. The van der Waals surface area contributed by atoms with Crippen LogP contribution in [0.25, 0.3) is 5.65 Å². The van der Waals surface area contributed by atoms with Gasteiger partial charge in [-0.3, -0.25) is 0 Å². The lowest BCUT2D eigenvalue weighted by atomic mass is 10.2. The number of rotatable bonds is 2. The highest BCUT2D eigenvalue weighted by Gasteiger charge is 2.17. The van der Waals surface area contributed by atoms with Crippen LogP contribution in [-0.4, -0.2) is 26.8 Å². The number of anilines is 2. The fourth-order valence-electron chi connectivity index (χ4n) is 2.24. The Balaban J connectivity index is 2.18. The molecule has 102 valence electrons. The van der Waals surface area contributed by atoms with Gasteiger partial charge in [0.2, 0.25) is 5.88 Å². The minimum atomic E-state index is -0.334. The van der Waals surface area contributed by atoms with E-state index in [4.69, 9.17) is 0 Å². The van der Waals surface area contributed by atoms with Gasteiger partial charge in [0.15, 0.2) is 5.65 Å². The molecular weight excluding hydrogens is 259 g/mol. The van der Waals surface area contributed by atoms with Crippen LogP contribution in [0.5, 0.6) is 5.88 Å². The molecule has 0 unspecified atom stereocenters. The van der Waals surface area contributed by atoms with Gasteiger partial charge in [0, 0.05) is 18.8 Å². The summed E-state index contributed by atoms with van der Waals surface area (Å²) in [6, 6.07) is 7.85. The lowest BCUT2D eigenvalue weighted by molar-refractivity contribution is 0.436. The van der Waals surface area contributed by atoms with E-state index >= 15 is 0 Å². The Hall–Kier alpha value is -2.63. The maximum Gasteiger partial charge on any atom is 0.240 e. The molecule has 3 rings (SSSR count). The van der Waals surface area contributed by atoms with Crippen molar-refractivity contribution in [2.75, 3.05) is 11.9 Å². The Morgan fingerprint density at radius 3 is 2.85 bits per heavy atom. The number of aromatic nitrogens is 3. The van der Waals surface area contributed by atoms with Gasteiger partial charge < -0.3 is 10.0 Å². The van der Waals surface area contributed by atoms with E-state index in [-0.39, 0.29) is 11.7 Å². The molecule has 2 aromatic heterocycles. The zero-order valence-electron chi connectivity index (χ0n) is 11.1. The predicted octanol–water partition coefficient (Wildman–Crippen LogP) is 2.65. The van der Waals surface area contributed by atoms with Crippen LogP contribution in [0, 0.1) is 12.7 Å². The molecule has 0 radical (unpaired) electrons. The Bertz CT molecular complexity index is 784. The molecule has 0 spiro atoms. The minimum absolute atomic E-state index is 0.0238. The highest BCUT2D eigenvalue weighted by molar-refractivity contribution is 5.70. The second kappa shape index (κ2) is 4.48. The fourth-order valence-corrected chi connectivity index (χ4v) is 2.24. The summed E-state index contributed by atoms with van der Waals surface area (Å²) in [5, 5.41) is 14.4. The molecule has 6 heteroatoms. The topological polar surface area (TPSA) is 53.7 Å². The smallest absolute Gasteiger partial charge is 0.240 e. The van der Waals surface area contributed by atoms with E-state index in [1.54, 1.807) is 43.3 Å². The summed E-state index contributed by atoms with van der Waals surface area (Å²) < 4.78 is 14.7. The largest absolute Gasteiger partial charge is 0.492 e. The Kier molecular flexibility index (Phi) is 2.78. The lowest BCUT2D eigenvalue weighted by Gasteiger charge is -2.22. The van der Waals surface area contributed by atoms with Crippen molar-refractivity contribution < 1.29 is 9.50 Å². The van der Waals surface area contributed by atoms with Crippen molar-refractivity contribution in [2.24, 2.45) is 0 Å². The Labute approximate surface area is 114 Å². The number of halogens is 1. The minimum Gasteiger partial charge on any atom is -0.492 e. The van der Waals surface area contributed by atoms with E-state index in [1.807, 2.05) is 0 Å². The molecule has 20 heavy (non-hydrogen) atoms. The maximum absolute atomic E-state index is 13.3. The number of nitrogens with zero attached hydrogens (tertiary/aromatic N) is 4. The van der Waals surface area contributed by atoms with Gasteiger partial charge in [0.1, 0.15) is 11.5 Å². The molecule has 0 aliphatic carbocycles. The van der Waals surface area contributed by atoms with E-state index in [2.05, 4.69) is 10.1 Å². The van der Waals surface area contributed by atoms with Gasteiger partial charge >= 0.3 is 0 Å². The van der Waals surface area contributed by atoms with Gasteiger partial charge in [0.05, 0.1) is 11.9 Å². The SMILES string of the molecule is Cc1nc2ccnn2c(O)c1N(C)c1cccc(F)c1. The van der Waals surface area contributed by atoms with Gasteiger partial charge in [0.25, 0.3) is 0 Å². The molecular formula is C14H13FN4O. The van der Waals surface area contributed by atoms with E-state index in [1.165, 1.54) is 16.6 Å². The molecule has 2 heterocycles. The molecule has 0 aliphatic heterocycles. The van der Waals surface area contributed by atoms with Crippen molar-refractivity contribution in [1.29, 1.82) is 0 Å². The fraction of sp³-hybridized carbons (Fsp3) is 0.143. The summed E-state index contributed by atoms with van der Waals surface area (Å²) in [6.45, 7) is 1.79. The van der Waals surface area contributed by atoms with Gasteiger partial charge in [-0.15, -0.1) is 0 Å². The zero-order chi connectivity index (χ0) is 14.3. The van der Waals surface area contributed by atoms with E-state index in [0.717, 1.165) is 0 Å². The number of fused-ring (bicyclic) bond motifs is 1. The second-order valence-electron chi connectivity index (χ2n) is 4.51. The summed E-state index contributed by atoms with van der Waals surface area (Å²) in [4.78, 5) is 6.05. The molecule has 1 aromatic carbocycles. The maximum atomic E-state index is 13.3. The third kappa shape index (κ3) is 1.85. The monoisotopic (exact) mass is 272 g/mol. The molecule has 0 saturated heterocycles. The standard InChI is InChI=1S/C14H13FN4O/c1-9-13(14(20)19-12(17-9)6-7-16-19)18(2)11-5-3-4-10(15)8-11/h3-8,20H,1-2H3. The van der Waals surface area contributed by atoms with Crippen LogP contribution >= 0.6 is 0 Å². The third-order valence-corrected chi connectivity index (χ3v) is 3.19. The van der Waals surface area contributed by atoms with Crippen molar-refractivity contribution in [2.45, 2.75) is 6.92 Å². The van der Waals surface area contributed by atoms with Crippen LogP contribution in [0.15, 0.2) is 36.5 Å². The van der Waals surface area contributed by atoms with Crippen LogP contribution in [-0.2, 0) is 0 Å². The van der Waals surface area contributed by atoms with Crippen molar-refractivity contribution in [3.05, 3.63) is 48.0 Å². The number of hydrogen-bond donors (Lipinski definition) is 1. The van der Waals surface area contributed by atoms with Crippen LogP contribution in [0.1, 0.15) is 5.69 Å². The number of aromatic hydroxyl groups is 1. The highest BCUT2D eigenvalue weighted by Crippen LogP contribution is 2.34. The van der Waals surface area contributed by atoms with Gasteiger partial charge in [-0.25, -0.2) is 9.37 Å². The van der Waals surface area contributed by atoms with Gasteiger partial charge in [-0.1, -0.05) is 6.07 Å². The van der Waals surface area contributed by atoms with Crippen molar-refractivity contribution in [1.82, 2.24) is 14.6 Å². The Morgan fingerprint density at radius 2 is 2.10 bits per heavy atom. The summed E-state index contributed by atoms with van der Waals surface area (Å²) in [7, 11) is 1.74. The zero-order valence-corrected chi connectivity index (χ0v) is 11.1. The van der Waals surface area contributed by atoms with E-state index < -0.39 is 0 Å². The van der Waals surface area contributed by atoms with Crippen molar-refractivity contribution in [3.8, 4) is 5.88 Å². The lowest BCUT2D eigenvalue weighted by Crippen LogP contribution is -2.14. The Morgan fingerprint density at radius 1 is 1.30 bits per heavy atom. The molecule has 0 atom stereocenters. The first-order chi connectivity index (χ1) is 9.58. The van der Waals surface area contributed by atoms with Crippen molar-refractivity contribution in [3.63, 3.8) is 0 Å². The van der Waals surface area contributed by atoms with Crippen LogP contribution in [0.3, 0.4) is 0 Å². The average molecular weight is 272 g/mol. The molecule has 0 amide bonds. The summed E-state index contributed by atoms with van der Waals surface area (Å²) in [5.41, 5.74) is 2.32. The summed E-state index contributed by atoms with van der Waals surface area (Å²) in [6.07, 6.45) is 1.56. The van der Waals surface area contributed by atoms with E-state index in [9.17, 15) is 9.50 Å². The van der Waals surface area contributed by atoms with Gasteiger partial charge in [-0.05, 0) is 25.1 Å². The molecule has 3 aromatic rings. The summed E-state index contributed by atoms with van der Waals surface area (Å²) >= 11 is 0. The van der Waals surface area contributed by atoms with Crippen LogP contribution in [0.4, 0.5) is 15.8 Å². The predicted molar refractivity (Wildman–Crippen MR) is 73.9 cm³/mol. The average Bonchev–Trinajstić information content (AvgIpc) is 2.87. The molecule has 0 bridgehead atoms. The summed E-state index contributed by atoms with van der Waals surface area (Å²) in [5.74, 6) is -0.358. The number of aryl methyl sites for hydroxylation is 1. The first kappa shape index (κ1) is 12.4. The molecule has 0 saturated carbocycles. The van der Waals surface area contributed by atoms with Crippen molar-refractivity contribution >= 4 is 17.0 Å². The molecule has 0 aliphatic rings. The molecule has 5 nitrogen and oxygen atoms in total. The molecule has 0 fully saturated rings.